The van der Waals surface area contributed by atoms with Crippen molar-refractivity contribution in [2.75, 3.05) is 106 Å². The van der Waals surface area contributed by atoms with Gasteiger partial charge in [0.2, 0.25) is 0 Å². The Hall–Kier alpha value is -13.6. The molecule has 5 aliphatic rings. The van der Waals surface area contributed by atoms with E-state index in [1.54, 1.807) is 13.0 Å². The summed E-state index contributed by atoms with van der Waals surface area (Å²) in [5.41, 5.74) is 14.4. The summed E-state index contributed by atoms with van der Waals surface area (Å²) in [6.07, 6.45) is 7.85. The van der Waals surface area contributed by atoms with E-state index in [0.717, 1.165) is 138 Å². The molecule has 0 saturated carbocycles. The summed E-state index contributed by atoms with van der Waals surface area (Å²) in [6.45, 7) is 15.3. The van der Waals surface area contributed by atoms with Crippen LogP contribution < -0.4 is 61.8 Å². The number of nitrogens with one attached hydrogen (secondary N) is 5. The standard InChI is InChI=1S/C18H20N2O4.C18H20N2O3.C17H18N2O5.C17H18N2O4.C17H18N2O3/c1-3-12-15(19-17(22)14(16(12)21)18(23)24)11-6-7-13-10(9-11)5-4-8-20(13)2;1-3-11-10-14(18(22)23)17(21)19-16(11)13-6-7-15-12(9-13)5-4-8-20(15)2;1-3-10-14(18-16(21)13(15(10)20)17(22)23)9-4-5-11-12(8-9)24-7-6-19(11)2;1-3-10-8-12(17(21)22)16(20)18-15(10)11-4-5-13-14(9-11)23-7-6-19(13)2;1-3-10-9-13(17(21)22)16(20)18-15(10)12-4-5-14-11(8-12)6-7-19(14)2/h6-7,9H,3-5,8H2,1-2H3,(H,23,24)(H2,19,21,22);6-7,9-10H,3-5,8H2,1-2H3,(H,19,21)(H,22,23);4-5,8H,3,6-7H2,1-2H3,(H,22,23)(H2,18,20,21);4-5,8-9H,3,6-7H2,1-2H3,(H,18,20)(H,21,22);4-5,8-9H,3,6-7H2,1-2H3,(H,18,20)(H,21,22). The number of aromatic carboxylic acids is 5. The first-order valence-corrected chi connectivity index (χ1v) is 38.3. The summed E-state index contributed by atoms with van der Waals surface area (Å²) in [7, 11) is 10.2. The highest BCUT2D eigenvalue weighted by Gasteiger charge is 2.28. The Morgan fingerprint density at radius 1 is 0.336 bits per heavy atom. The van der Waals surface area contributed by atoms with Gasteiger partial charge in [-0.25, -0.2) is 24.0 Å². The van der Waals surface area contributed by atoms with Gasteiger partial charge in [-0.3, -0.25) is 24.0 Å². The number of aromatic hydroxyl groups is 2. The third kappa shape index (κ3) is 17.5. The lowest BCUT2D eigenvalue weighted by molar-refractivity contribution is 0.0680. The van der Waals surface area contributed by atoms with Gasteiger partial charge in [0.25, 0.3) is 27.8 Å². The maximum Gasteiger partial charge on any atom is 0.345 e. The molecule has 0 spiro atoms. The van der Waals surface area contributed by atoms with Crippen LogP contribution in [-0.2, 0) is 51.4 Å². The van der Waals surface area contributed by atoms with Crippen molar-refractivity contribution in [1.82, 2.24) is 24.9 Å². The number of aryl methyl sites for hydroxylation is 5. The number of carboxylic acids is 5. The second-order valence-electron chi connectivity index (χ2n) is 28.8. The molecular formula is C87H94N10O19. The molecule has 0 atom stereocenters. The van der Waals surface area contributed by atoms with Gasteiger partial charge in [-0.1, -0.05) is 65.0 Å². The van der Waals surface area contributed by atoms with Gasteiger partial charge in [0.1, 0.15) is 52.9 Å². The lowest BCUT2D eigenvalue weighted by Gasteiger charge is -2.28. The van der Waals surface area contributed by atoms with Crippen molar-refractivity contribution in [3.8, 4) is 79.3 Å². The lowest BCUT2D eigenvalue weighted by atomic mass is 9.95. The number of nitrogens with zero attached hydrogens (tertiary/aromatic N) is 5. The van der Waals surface area contributed by atoms with E-state index in [1.165, 1.54) is 46.3 Å². The van der Waals surface area contributed by atoms with Crippen LogP contribution in [-0.4, -0.2) is 172 Å². The number of aromatic amines is 5. The summed E-state index contributed by atoms with van der Waals surface area (Å²) < 4.78 is 11.4. The molecule has 10 aromatic rings. The molecule has 29 nitrogen and oxygen atoms in total. The number of aromatic nitrogens is 5. The number of benzene rings is 5. The second-order valence-corrected chi connectivity index (χ2v) is 28.8. The molecule has 606 valence electrons. The van der Waals surface area contributed by atoms with Crippen LogP contribution in [0, 0.1) is 0 Å². The normalized spacial score (nSPS) is 13.5. The van der Waals surface area contributed by atoms with Crippen LogP contribution in [0.5, 0.6) is 23.0 Å². The SMILES string of the molecule is CCc1c(-c2ccc3c(c2)CCCN3C)[nH]c(=O)c(C(=O)O)c1O.CCc1c(-c2ccc3c(c2)OCCN3C)[nH]c(=O)c(C(=O)O)c1O.CCc1cc(C(=O)O)c(=O)[nH]c1-c1ccc2c(c1)CCCN2C.CCc1cc(C(=O)O)c(=O)[nH]c1-c1ccc2c(c1)CCN2C.CCc1cc(C(=O)O)c(=O)[nH]c1-c1ccc2c(c1)OCCN2C. The van der Waals surface area contributed by atoms with Crippen LogP contribution in [0.3, 0.4) is 0 Å². The predicted molar refractivity (Wildman–Crippen MR) is 445 cm³/mol. The number of pyridine rings is 5. The van der Waals surface area contributed by atoms with Crippen LogP contribution in [0.2, 0.25) is 0 Å². The molecule has 0 saturated heterocycles. The van der Waals surface area contributed by atoms with E-state index in [4.69, 9.17) is 35.0 Å². The lowest BCUT2D eigenvalue weighted by Crippen LogP contribution is -2.28. The summed E-state index contributed by atoms with van der Waals surface area (Å²) in [6, 6.07) is 33.8. The largest absolute Gasteiger partial charge is 0.506 e. The van der Waals surface area contributed by atoms with Crippen molar-refractivity contribution in [3.63, 3.8) is 0 Å². The number of anilines is 5. The molecule has 0 fully saturated rings. The number of hydrogen-bond acceptors (Lipinski definition) is 19. The van der Waals surface area contributed by atoms with Gasteiger partial charge in [-0.2, -0.15) is 0 Å². The summed E-state index contributed by atoms with van der Waals surface area (Å²) in [5, 5.41) is 66.0. The molecule has 0 radical (unpaired) electrons. The molecule has 0 bridgehead atoms. The number of likely N-dealkylation sites (N-methyl/N-ethyl adjacent to an activating group) is 3. The van der Waals surface area contributed by atoms with Gasteiger partial charge in [0.15, 0.2) is 11.1 Å². The fourth-order valence-electron chi connectivity index (χ4n) is 15.3. The molecule has 12 N–H and O–H groups in total. The predicted octanol–water partition coefficient (Wildman–Crippen LogP) is 11.3. The van der Waals surface area contributed by atoms with E-state index >= 15 is 0 Å². The average Bonchev–Trinajstić information content (AvgIpc) is 1.42. The maximum atomic E-state index is 12.1. The zero-order valence-electron chi connectivity index (χ0n) is 66.2. The minimum atomic E-state index is -1.45. The number of fused-ring (bicyclic) bond motifs is 5. The van der Waals surface area contributed by atoms with Gasteiger partial charge in [0, 0.05) is 94.2 Å². The van der Waals surface area contributed by atoms with Crippen molar-refractivity contribution in [2.45, 2.75) is 98.8 Å². The third-order valence-electron chi connectivity index (χ3n) is 21.5. The monoisotopic (exact) mass is 1580 g/mol. The molecule has 29 heteroatoms. The number of ether oxygens (including phenoxy) is 2. The van der Waals surface area contributed by atoms with Crippen LogP contribution in [0.4, 0.5) is 28.4 Å². The van der Waals surface area contributed by atoms with E-state index in [0.29, 0.717) is 84.8 Å². The molecule has 5 aromatic heterocycles. The highest BCUT2D eigenvalue weighted by Crippen LogP contribution is 2.41. The van der Waals surface area contributed by atoms with Crippen molar-refractivity contribution in [2.24, 2.45) is 0 Å². The Morgan fingerprint density at radius 2 is 0.621 bits per heavy atom. The van der Waals surface area contributed by atoms with Gasteiger partial charge < -0.3 is 94.6 Å². The molecule has 0 unspecified atom stereocenters. The number of carbonyl (C=O) groups is 5. The van der Waals surface area contributed by atoms with Crippen LogP contribution >= 0.6 is 0 Å². The first-order valence-electron chi connectivity index (χ1n) is 38.3. The first-order chi connectivity index (χ1) is 55.4. The zero-order chi connectivity index (χ0) is 83.8. The van der Waals surface area contributed by atoms with Crippen molar-refractivity contribution in [3.05, 3.63) is 233 Å². The molecule has 5 aliphatic heterocycles. The van der Waals surface area contributed by atoms with E-state index in [1.807, 2.05) is 110 Å². The Kier molecular flexibility index (Phi) is 25.6. The maximum absolute atomic E-state index is 12.1. The van der Waals surface area contributed by atoms with E-state index in [2.05, 4.69) is 87.8 Å². The Morgan fingerprint density at radius 3 is 0.940 bits per heavy atom. The topological polar surface area (TPSA) is 426 Å². The van der Waals surface area contributed by atoms with Crippen LogP contribution in [0.15, 0.2) is 133 Å². The number of H-pyrrole nitrogens is 5. The minimum Gasteiger partial charge on any atom is -0.506 e. The van der Waals surface area contributed by atoms with E-state index < -0.39 is 80.3 Å². The Balaban J connectivity index is 0.000000143. The number of carboxylic acid groups (broad SMARTS) is 5. The molecule has 0 aliphatic carbocycles. The molecule has 0 amide bonds. The highest BCUT2D eigenvalue weighted by atomic mass is 16.5. The van der Waals surface area contributed by atoms with Gasteiger partial charge >= 0.3 is 29.8 Å². The number of hydrogen-bond donors (Lipinski definition) is 12. The van der Waals surface area contributed by atoms with E-state index in [9.17, 15) is 58.2 Å². The van der Waals surface area contributed by atoms with Crippen molar-refractivity contribution >= 4 is 58.3 Å². The molecule has 116 heavy (non-hydrogen) atoms. The van der Waals surface area contributed by atoms with Crippen LogP contribution in [0.25, 0.3) is 56.3 Å². The summed E-state index contributed by atoms with van der Waals surface area (Å²) >= 11 is 0. The molecular weight excluding hydrogens is 1490 g/mol. The smallest absolute Gasteiger partial charge is 0.345 e. The van der Waals surface area contributed by atoms with Crippen LogP contribution in [0.1, 0.15) is 144 Å². The van der Waals surface area contributed by atoms with E-state index in [-0.39, 0.29) is 16.7 Å². The average molecular weight is 1580 g/mol. The highest BCUT2D eigenvalue weighted by molar-refractivity contribution is 5.94. The zero-order valence-corrected chi connectivity index (χ0v) is 66.2. The molecule has 10 heterocycles. The fourth-order valence-corrected chi connectivity index (χ4v) is 15.3. The minimum absolute atomic E-state index is 0.205. The van der Waals surface area contributed by atoms with Crippen molar-refractivity contribution in [1.29, 1.82) is 0 Å². The second kappa shape index (κ2) is 35.6. The van der Waals surface area contributed by atoms with Gasteiger partial charge in [-0.15, -0.1) is 0 Å². The molecule has 15 rings (SSSR count). The fraction of sp³-hybridized carbons (Fsp3) is 0.310. The van der Waals surface area contributed by atoms with Crippen molar-refractivity contribution < 1.29 is 69.2 Å². The van der Waals surface area contributed by atoms with Gasteiger partial charge in [-0.05, 0) is 193 Å². The quantitative estimate of drug-likeness (QED) is 0.0453. The summed E-state index contributed by atoms with van der Waals surface area (Å²) in [5.74, 6) is -5.97. The summed E-state index contributed by atoms with van der Waals surface area (Å²) in [4.78, 5) is 140. The third-order valence-corrected chi connectivity index (χ3v) is 21.5. The Bertz CT molecular complexity index is 5550. The Labute approximate surface area is 666 Å². The van der Waals surface area contributed by atoms with Gasteiger partial charge in [0.05, 0.1) is 52.9 Å². The number of rotatable bonds is 15. The molecule has 5 aromatic carbocycles. The first kappa shape index (κ1) is 83.3.